The summed E-state index contributed by atoms with van der Waals surface area (Å²) in [5.41, 5.74) is 3.47. The monoisotopic (exact) mass is 201 g/mol. The van der Waals surface area contributed by atoms with Gasteiger partial charge in [0.05, 0.1) is 0 Å². The number of rotatable bonds is 1. The zero-order valence-corrected chi connectivity index (χ0v) is 9.32. The average Bonchev–Trinajstić information content (AvgIpc) is 2.69. The third-order valence-electron chi connectivity index (χ3n) is 2.46. The second-order valence-electron chi connectivity index (χ2n) is 4.70. The molecule has 1 aromatic carbocycles. The van der Waals surface area contributed by atoms with Crippen LogP contribution in [0.15, 0.2) is 41.3 Å². The lowest BCUT2D eigenvalue weighted by atomic mass is 9.86. The molecule has 0 fully saturated rings. The summed E-state index contributed by atoms with van der Waals surface area (Å²) >= 11 is 0. The lowest BCUT2D eigenvalue weighted by Gasteiger charge is -2.19. The quantitative estimate of drug-likeness (QED) is 0.704. The Balaban J connectivity index is 2.44. The Morgan fingerprint density at radius 2 is 2.00 bits per heavy atom. The van der Waals surface area contributed by atoms with E-state index >= 15 is 0 Å². The molecule has 0 saturated heterocycles. The summed E-state index contributed by atoms with van der Waals surface area (Å²) in [6.07, 6.45) is 3.13. The fourth-order valence-corrected chi connectivity index (χ4v) is 1.50. The second-order valence-corrected chi connectivity index (χ2v) is 4.70. The van der Waals surface area contributed by atoms with Crippen LogP contribution in [0.3, 0.4) is 0 Å². The summed E-state index contributed by atoms with van der Waals surface area (Å²) in [7, 11) is 0. The van der Waals surface area contributed by atoms with E-state index in [-0.39, 0.29) is 5.41 Å². The highest BCUT2D eigenvalue weighted by atomic mass is 16.3. The highest BCUT2D eigenvalue weighted by Gasteiger charge is 2.14. The van der Waals surface area contributed by atoms with Crippen molar-refractivity contribution in [1.82, 2.24) is 4.98 Å². The molecule has 0 aliphatic carbocycles. The van der Waals surface area contributed by atoms with E-state index in [1.54, 1.807) is 6.26 Å². The Hall–Kier alpha value is -1.57. The highest BCUT2D eigenvalue weighted by Crippen LogP contribution is 2.26. The molecule has 2 nitrogen and oxygen atoms in total. The second kappa shape index (κ2) is 3.54. The first-order chi connectivity index (χ1) is 7.07. The van der Waals surface area contributed by atoms with Crippen LogP contribution in [0.4, 0.5) is 0 Å². The first kappa shape index (κ1) is 9.97. The highest BCUT2D eigenvalue weighted by molar-refractivity contribution is 5.59. The standard InChI is InChI=1S/C13H15NO/c1-13(2,3)11-6-4-5-10(7-11)12-8-15-9-14-12/h4-9H,1-3H3. The maximum Gasteiger partial charge on any atom is 0.181 e. The van der Waals surface area contributed by atoms with Crippen molar-refractivity contribution in [2.45, 2.75) is 26.2 Å². The van der Waals surface area contributed by atoms with E-state index in [4.69, 9.17) is 4.42 Å². The zero-order valence-electron chi connectivity index (χ0n) is 9.32. The molecule has 0 N–H and O–H groups in total. The van der Waals surface area contributed by atoms with E-state index in [9.17, 15) is 0 Å². The molecule has 0 radical (unpaired) electrons. The van der Waals surface area contributed by atoms with Gasteiger partial charge in [-0.3, -0.25) is 0 Å². The maximum absolute atomic E-state index is 4.98. The van der Waals surface area contributed by atoms with Crippen LogP contribution >= 0.6 is 0 Å². The van der Waals surface area contributed by atoms with Crippen molar-refractivity contribution < 1.29 is 4.42 Å². The molecule has 0 amide bonds. The van der Waals surface area contributed by atoms with Crippen LogP contribution in [0.2, 0.25) is 0 Å². The van der Waals surface area contributed by atoms with Gasteiger partial charge in [-0.1, -0.05) is 39.0 Å². The van der Waals surface area contributed by atoms with Gasteiger partial charge in [0.1, 0.15) is 12.0 Å². The predicted octanol–water partition coefficient (Wildman–Crippen LogP) is 3.64. The Bertz CT molecular complexity index is 438. The Morgan fingerprint density at radius 1 is 1.20 bits per heavy atom. The first-order valence-corrected chi connectivity index (χ1v) is 5.06. The molecule has 2 aromatic rings. The van der Waals surface area contributed by atoms with Gasteiger partial charge in [-0.05, 0) is 17.0 Å². The normalized spacial score (nSPS) is 11.7. The van der Waals surface area contributed by atoms with Gasteiger partial charge in [0.25, 0.3) is 0 Å². The molecule has 0 atom stereocenters. The van der Waals surface area contributed by atoms with Gasteiger partial charge < -0.3 is 4.42 Å². The van der Waals surface area contributed by atoms with Crippen LogP contribution in [-0.4, -0.2) is 4.98 Å². The van der Waals surface area contributed by atoms with E-state index in [1.807, 2.05) is 6.07 Å². The van der Waals surface area contributed by atoms with Crippen molar-refractivity contribution in [1.29, 1.82) is 0 Å². The lowest BCUT2D eigenvalue weighted by molar-refractivity contribution is 0.558. The molecule has 1 aromatic heterocycles. The number of nitrogens with zero attached hydrogens (tertiary/aromatic N) is 1. The largest absolute Gasteiger partial charge is 0.451 e. The summed E-state index contributed by atoms with van der Waals surface area (Å²) in [6.45, 7) is 6.61. The van der Waals surface area contributed by atoms with Crippen LogP contribution < -0.4 is 0 Å². The van der Waals surface area contributed by atoms with E-state index in [0.29, 0.717) is 0 Å². The lowest BCUT2D eigenvalue weighted by Crippen LogP contribution is -2.10. The minimum absolute atomic E-state index is 0.166. The molecule has 1 heterocycles. The minimum Gasteiger partial charge on any atom is -0.451 e. The van der Waals surface area contributed by atoms with Crippen LogP contribution in [0, 0.1) is 0 Å². The number of aromatic nitrogens is 1. The molecule has 0 aliphatic rings. The molecule has 0 spiro atoms. The minimum atomic E-state index is 0.166. The van der Waals surface area contributed by atoms with E-state index in [0.717, 1.165) is 11.3 Å². The van der Waals surface area contributed by atoms with Crippen LogP contribution in [0.25, 0.3) is 11.3 Å². The van der Waals surface area contributed by atoms with Crippen molar-refractivity contribution in [3.8, 4) is 11.3 Å². The summed E-state index contributed by atoms with van der Waals surface area (Å²) in [4.78, 5) is 4.14. The molecular weight excluding hydrogens is 186 g/mol. The molecule has 0 unspecified atom stereocenters. The Morgan fingerprint density at radius 3 is 2.60 bits per heavy atom. The van der Waals surface area contributed by atoms with Crippen LogP contribution in [-0.2, 0) is 5.41 Å². The number of benzene rings is 1. The summed E-state index contributed by atoms with van der Waals surface area (Å²) < 4.78 is 4.98. The predicted molar refractivity (Wildman–Crippen MR) is 60.6 cm³/mol. The topological polar surface area (TPSA) is 26.0 Å². The first-order valence-electron chi connectivity index (χ1n) is 5.06. The van der Waals surface area contributed by atoms with Gasteiger partial charge in [-0.25, -0.2) is 4.98 Å². The van der Waals surface area contributed by atoms with Gasteiger partial charge in [0, 0.05) is 5.56 Å². The van der Waals surface area contributed by atoms with Gasteiger partial charge in [0.2, 0.25) is 0 Å². The summed E-state index contributed by atoms with van der Waals surface area (Å²) in [6, 6.07) is 8.42. The van der Waals surface area contributed by atoms with E-state index in [1.165, 1.54) is 12.0 Å². The van der Waals surface area contributed by atoms with E-state index in [2.05, 4.69) is 44.0 Å². The van der Waals surface area contributed by atoms with Gasteiger partial charge in [0.15, 0.2) is 6.39 Å². The Labute approximate surface area is 90.0 Å². The number of hydrogen-bond donors (Lipinski definition) is 0. The Kier molecular flexibility index (Phi) is 2.35. The van der Waals surface area contributed by atoms with Crippen molar-refractivity contribution in [2.75, 3.05) is 0 Å². The fraction of sp³-hybridized carbons (Fsp3) is 0.308. The molecule has 2 heteroatoms. The zero-order chi connectivity index (χ0) is 10.9. The number of oxazole rings is 1. The van der Waals surface area contributed by atoms with Crippen molar-refractivity contribution in [3.05, 3.63) is 42.5 Å². The molecule has 15 heavy (non-hydrogen) atoms. The van der Waals surface area contributed by atoms with Crippen LogP contribution in [0.5, 0.6) is 0 Å². The van der Waals surface area contributed by atoms with Gasteiger partial charge in [-0.2, -0.15) is 0 Å². The van der Waals surface area contributed by atoms with Crippen molar-refractivity contribution in [3.63, 3.8) is 0 Å². The smallest absolute Gasteiger partial charge is 0.181 e. The SMILES string of the molecule is CC(C)(C)c1cccc(-c2cocn2)c1. The molecule has 2 rings (SSSR count). The number of hydrogen-bond acceptors (Lipinski definition) is 2. The van der Waals surface area contributed by atoms with E-state index < -0.39 is 0 Å². The van der Waals surface area contributed by atoms with Crippen molar-refractivity contribution in [2.24, 2.45) is 0 Å². The van der Waals surface area contributed by atoms with Crippen LogP contribution in [0.1, 0.15) is 26.3 Å². The maximum atomic E-state index is 4.98. The average molecular weight is 201 g/mol. The van der Waals surface area contributed by atoms with Gasteiger partial charge in [-0.15, -0.1) is 0 Å². The third kappa shape index (κ3) is 2.09. The summed E-state index contributed by atoms with van der Waals surface area (Å²) in [5, 5.41) is 0. The molecule has 78 valence electrons. The molecular formula is C13H15NO. The fourth-order valence-electron chi connectivity index (χ4n) is 1.50. The summed E-state index contributed by atoms with van der Waals surface area (Å²) in [5.74, 6) is 0. The van der Waals surface area contributed by atoms with Crippen molar-refractivity contribution >= 4 is 0 Å². The molecule has 0 bridgehead atoms. The third-order valence-corrected chi connectivity index (χ3v) is 2.46. The molecule has 0 saturated carbocycles. The van der Waals surface area contributed by atoms with Gasteiger partial charge >= 0.3 is 0 Å². The molecule has 0 aliphatic heterocycles.